The van der Waals surface area contributed by atoms with Gasteiger partial charge >= 0.3 is 0 Å². The van der Waals surface area contributed by atoms with Crippen LogP contribution in [-0.4, -0.2) is 26.3 Å². The van der Waals surface area contributed by atoms with Crippen molar-refractivity contribution in [2.24, 2.45) is 5.92 Å². The maximum absolute atomic E-state index is 12.4. The Morgan fingerprint density at radius 2 is 1.97 bits per heavy atom. The molecular weight excluding hydrogens is 398 g/mol. The molecule has 1 aliphatic rings. The summed E-state index contributed by atoms with van der Waals surface area (Å²) >= 11 is 1.32. The van der Waals surface area contributed by atoms with Crippen LogP contribution in [0.3, 0.4) is 0 Å². The Morgan fingerprint density at radius 3 is 2.73 bits per heavy atom. The Hall–Kier alpha value is -3.00. The topological polar surface area (TPSA) is 88.9 Å². The molecule has 1 aromatic carbocycles. The van der Waals surface area contributed by atoms with E-state index < -0.39 is 0 Å². The molecule has 0 fully saturated rings. The Labute approximate surface area is 179 Å². The van der Waals surface area contributed by atoms with Crippen molar-refractivity contribution >= 4 is 34.0 Å². The fraction of sp³-hybridized carbons (Fsp3) is 0.364. The van der Waals surface area contributed by atoms with Gasteiger partial charge in [-0.15, -0.1) is 11.3 Å². The lowest BCUT2D eigenvalue weighted by atomic mass is 10.1. The molecule has 0 atom stereocenters. The van der Waals surface area contributed by atoms with Crippen LogP contribution in [0.4, 0.5) is 10.8 Å². The normalized spacial score (nSPS) is 13.2. The molecule has 1 aliphatic heterocycles. The van der Waals surface area contributed by atoms with E-state index in [2.05, 4.69) is 25.2 Å². The molecule has 0 saturated carbocycles. The minimum absolute atomic E-state index is 0.0841. The Balaban J connectivity index is 1.36. The highest BCUT2D eigenvalue weighted by atomic mass is 32.1. The maximum atomic E-state index is 12.4. The van der Waals surface area contributed by atoms with Crippen molar-refractivity contribution in [1.29, 1.82) is 0 Å². The van der Waals surface area contributed by atoms with Crippen molar-refractivity contribution in [3.63, 3.8) is 0 Å². The molecule has 3 aromatic rings. The van der Waals surface area contributed by atoms with E-state index in [0.717, 1.165) is 30.0 Å². The standard InChI is InChI=1S/C22H25N5O2S/c1-14(2)21(29)26-22-25-17(13-30-22)11-19(28)24-16-8-6-15(7-9-16)20-23-12-18-5-3-4-10-27(18)20/h6-9,12-14H,3-5,10-11H2,1-2H3,(H,24,28)(H,25,26,29). The molecule has 2 amide bonds. The summed E-state index contributed by atoms with van der Waals surface area (Å²) in [6.07, 6.45) is 5.62. The molecule has 2 aromatic heterocycles. The van der Waals surface area contributed by atoms with Gasteiger partial charge in [0.2, 0.25) is 11.8 Å². The first-order valence-corrected chi connectivity index (χ1v) is 11.1. The molecule has 8 heteroatoms. The predicted octanol–water partition coefficient (Wildman–Crippen LogP) is 4.12. The number of carbonyl (C=O) groups excluding carboxylic acids is 2. The predicted molar refractivity (Wildman–Crippen MR) is 119 cm³/mol. The summed E-state index contributed by atoms with van der Waals surface area (Å²) in [5.41, 5.74) is 3.71. The number of hydrogen-bond donors (Lipinski definition) is 2. The Kier molecular flexibility index (Phi) is 5.94. The van der Waals surface area contributed by atoms with Gasteiger partial charge < -0.3 is 15.2 Å². The van der Waals surface area contributed by atoms with E-state index in [1.54, 1.807) is 5.38 Å². The molecule has 0 radical (unpaired) electrons. The molecule has 2 N–H and O–H groups in total. The lowest BCUT2D eigenvalue weighted by molar-refractivity contribution is -0.119. The number of rotatable bonds is 6. The molecular formula is C22H25N5O2S. The van der Waals surface area contributed by atoms with E-state index in [9.17, 15) is 9.59 Å². The smallest absolute Gasteiger partial charge is 0.230 e. The van der Waals surface area contributed by atoms with Crippen molar-refractivity contribution in [3.05, 3.63) is 47.2 Å². The summed E-state index contributed by atoms with van der Waals surface area (Å²) in [6.45, 7) is 4.66. The first kappa shape index (κ1) is 20.3. The summed E-state index contributed by atoms with van der Waals surface area (Å²) in [6, 6.07) is 7.77. The second-order valence-corrected chi connectivity index (χ2v) is 8.63. The fourth-order valence-corrected chi connectivity index (χ4v) is 4.15. The molecule has 4 rings (SSSR count). The van der Waals surface area contributed by atoms with Crippen LogP contribution in [0.1, 0.15) is 38.1 Å². The zero-order chi connectivity index (χ0) is 21.1. The van der Waals surface area contributed by atoms with Crippen molar-refractivity contribution in [2.75, 3.05) is 10.6 Å². The number of amides is 2. The van der Waals surface area contributed by atoms with Crippen molar-refractivity contribution in [2.45, 2.75) is 46.1 Å². The summed E-state index contributed by atoms with van der Waals surface area (Å²) in [5, 5.41) is 7.97. The number of thiazole rings is 1. The third kappa shape index (κ3) is 4.59. The SMILES string of the molecule is CC(C)C(=O)Nc1nc(CC(=O)Nc2ccc(-c3ncc4n3CCCC4)cc2)cs1. The molecule has 156 valence electrons. The van der Waals surface area contributed by atoms with Gasteiger partial charge in [-0.3, -0.25) is 9.59 Å². The molecule has 0 spiro atoms. The van der Waals surface area contributed by atoms with Gasteiger partial charge in [-0.05, 0) is 43.5 Å². The number of nitrogens with one attached hydrogen (secondary N) is 2. The molecule has 3 heterocycles. The summed E-state index contributed by atoms with van der Waals surface area (Å²) in [7, 11) is 0. The van der Waals surface area contributed by atoms with Crippen molar-refractivity contribution in [3.8, 4) is 11.4 Å². The second-order valence-electron chi connectivity index (χ2n) is 7.77. The monoisotopic (exact) mass is 423 g/mol. The van der Waals surface area contributed by atoms with Crippen LogP contribution in [0, 0.1) is 5.92 Å². The van der Waals surface area contributed by atoms with Crippen LogP contribution in [0.2, 0.25) is 0 Å². The van der Waals surface area contributed by atoms with E-state index in [0.29, 0.717) is 10.8 Å². The van der Waals surface area contributed by atoms with Crippen LogP contribution in [0.25, 0.3) is 11.4 Å². The molecule has 0 bridgehead atoms. The van der Waals surface area contributed by atoms with E-state index in [1.165, 1.54) is 29.9 Å². The molecule has 0 unspecified atom stereocenters. The van der Waals surface area contributed by atoms with Gasteiger partial charge in [-0.25, -0.2) is 9.97 Å². The third-order valence-corrected chi connectivity index (χ3v) is 5.88. The van der Waals surface area contributed by atoms with Gasteiger partial charge in [0.1, 0.15) is 5.82 Å². The molecule has 30 heavy (non-hydrogen) atoms. The minimum atomic E-state index is -0.145. The number of anilines is 2. The van der Waals surface area contributed by atoms with Gasteiger partial charge in [0.25, 0.3) is 0 Å². The van der Waals surface area contributed by atoms with Crippen molar-refractivity contribution < 1.29 is 9.59 Å². The first-order chi connectivity index (χ1) is 14.5. The summed E-state index contributed by atoms with van der Waals surface area (Å²) in [5.74, 6) is 0.643. The molecule has 7 nitrogen and oxygen atoms in total. The van der Waals surface area contributed by atoms with Gasteiger partial charge in [-0.1, -0.05) is 13.8 Å². The maximum Gasteiger partial charge on any atom is 0.230 e. The number of hydrogen-bond acceptors (Lipinski definition) is 5. The number of carbonyl (C=O) groups is 2. The lowest BCUT2D eigenvalue weighted by Crippen LogP contribution is -2.18. The number of nitrogens with zero attached hydrogens (tertiary/aromatic N) is 3. The highest BCUT2D eigenvalue weighted by Crippen LogP contribution is 2.25. The molecule has 0 aliphatic carbocycles. The van der Waals surface area contributed by atoms with Crippen LogP contribution < -0.4 is 10.6 Å². The number of fused-ring (bicyclic) bond motifs is 1. The highest BCUT2D eigenvalue weighted by molar-refractivity contribution is 7.13. The van der Waals surface area contributed by atoms with Gasteiger partial charge in [-0.2, -0.15) is 0 Å². The summed E-state index contributed by atoms with van der Waals surface area (Å²) < 4.78 is 2.29. The zero-order valence-electron chi connectivity index (χ0n) is 17.1. The Morgan fingerprint density at radius 1 is 1.17 bits per heavy atom. The number of imidazole rings is 1. The third-order valence-electron chi connectivity index (χ3n) is 5.08. The minimum Gasteiger partial charge on any atom is -0.328 e. The number of aryl methyl sites for hydroxylation is 1. The average molecular weight is 424 g/mol. The van der Waals surface area contributed by atoms with Crippen LogP contribution in [0.5, 0.6) is 0 Å². The van der Waals surface area contributed by atoms with E-state index >= 15 is 0 Å². The van der Waals surface area contributed by atoms with E-state index in [1.807, 2.05) is 44.3 Å². The highest BCUT2D eigenvalue weighted by Gasteiger charge is 2.16. The fourth-order valence-electron chi connectivity index (χ4n) is 3.43. The van der Waals surface area contributed by atoms with Crippen molar-refractivity contribution in [1.82, 2.24) is 14.5 Å². The zero-order valence-corrected chi connectivity index (χ0v) is 18.0. The number of benzene rings is 1. The first-order valence-electron chi connectivity index (χ1n) is 10.2. The van der Waals surface area contributed by atoms with Gasteiger partial charge in [0.15, 0.2) is 5.13 Å². The summed E-state index contributed by atoms with van der Waals surface area (Å²) in [4.78, 5) is 33.0. The lowest BCUT2D eigenvalue weighted by Gasteiger charge is -2.16. The average Bonchev–Trinajstić information content (AvgIpc) is 3.35. The van der Waals surface area contributed by atoms with Crippen LogP contribution in [0.15, 0.2) is 35.8 Å². The second kappa shape index (κ2) is 8.79. The quantitative estimate of drug-likeness (QED) is 0.624. The Bertz CT molecular complexity index is 1050. The largest absolute Gasteiger partial charge is 0.328 e. The van der Waals surface area contributed by atoms with Gasteiger partial charge in [0.05, 0.1) is 12.1 Å². The van der Waals surface area contributed by atoms with E-state index in [4.69, 9.17) is 0 Å². The van der Waals surface area contributed by atoms with Crippen LogP contribution in [-0.2, 0) is 29.0 Å². The molecule has 0 saturated heterocycles. The van der Waals surface area contributed by atoms with Crippen LogP contribution >= 0.6 is 11.3 Å². The van der Waals surface area contributed by atoms with Gasteiger partial charge in [0, 0.05) is 41.0 Å². The number of aromatic nitrogens is 3. The van der Waals surface area contributed by atoms with E-state index in [-0.39, 0.29) is 24.2 Å².